The van der Waals surface area contributed by atoms with Gasteiger partial charge < -0.3 is 10.4 Å². The van der Waals surface area contributed by atoms with Crippen LogP contribution in [-0.2, 0) is 16.6 Å². The van der Waals surface area contributed by atoms with E-state index in [2.05, 4.69) is 10.0 Å². The van der Waals surface area contributed by atoms with Crippen molar-refractivity contribution in [3.8, 4) is 0 Å². The lowest BCUT2D eigenvalue weighted by Crippen LogP contribution is -2.44. The van der Waals surface area contributed by atoms with E-state index < -0.39 is 16.1 Å². The average molecular weight is 298 g/mol. The average Bonchev–Trinajstić information content (AvgIpc) is 2.42. The van der Waals surface area contributed by atoms with Crippen molar-refractivity contribution in [2.24, 2.45) is 0 Å². The summed E-state index contributed by atoms with van der Waals surface area (Å²) in [6.45, 7) is 0.703. The predicted octanol–water partition coefficient (Wildman–Crippen LogP) is 0.988. The summed E-state index contributed by atoms with van der Waals surface area (Å²) >= 11 is 0. The van der Waals surface area contributed by atoms with Gasteiger partial charge in [-0.25, -0.2) is 13.1 Å². The zero-order valence-corrected chi connectivity index (χ0v) is 12.5. The second-order valence-electron chi connectivity index (χ2n) is 5.25. The first-order valence-corrected chi connectivity index (χ1v) is 8.45. The first-order chi connectivity index (χ1) is 9.53. The highest BCUT2D eigenvalue weighted by molar-refractivity contribution is 7.89. The van der Waals surface area contributed by atoms with Gasteiger partial charge in [-0.3, -0.25) is 0 Å². The molecule has 0 spiro atoms. The summed E-state index contributed by atoms with van der Waals surface area (Å²) in [5.74, 6) is 0. The van der Waals surface area contributed by atoms with E-state index in [9.17, 15) is 13.5 Å². The highest BCUT2D eigenvalue weighted by Crippen LogP contribution is 2.20. The van der Waals surface area contributed by atoms with Gasteiger partial charge in [0.15, 0.2) is 0 Å². The van der Waals surface area contributed by atoms with Crippen LogP contribution in [0.25, 0.3) is 0 Å². The SMILES string of the molecule is CNCc1ccc(S(=O)(=O)NC2CCCCC2O)cc1. The Labute approximate surface area is 120 Å². The fourth-order valence-electron chi connectivity index (χ4n) is 2.51. The molecule has 6 heteroatoms. The van der Waals surface area contributed by atoms with Crippen LogP contribution in [0.4, 0.5) is 0 Å². The molecule has 5 nitrogen and oxygen atoms in total. The van der Waals surface area contributed by atoms with E-state index in [4.69, 9.17) is 0 Å². The van der Waals surface area contributed by atoms with Crippen LogP contribution >= 0.6 is 0 Å². The zero-order chi connectivity index (χ0) is 14.6. The topological polar surface area (TPSA) is 78.4 Å². The van der Waals surface area contributed by atoms with Gasteiger partial charge in [-0.05, 0) is 37.6 Å². The number of nitrogens with one attached hydrogen (secondary N) is 2. The largest absolute Gasteiger partial charge is 0.391 e. The Bertz CT molecular complexity index is 528. The summed E-state index contributed by atoms with van der Waals surface area (Å²) in [6.07, 6.45) is 2.68. The molecule has 20 heavy (non-hydrogen) atoms. The number of aliphatic hydroxyl groups excluding tert-OH is 1. The van der Waals surface area contributed by atoms with Crippen LogP contribution in [0.3, 0.4) is 0 Å². The molecule has 3 N–H and O–H groups in total. The molecule has 2 unspecified atom stereocenters. The van der Waals surface area contributed by atoms with E-state index >= 15 is 0 Å². The molecule has 1 aliphatic rings. The number of sulfonamides is 1. The maximum Gasteiger partial charge on any atom is 0.240 e. The van der Waals surface area contributed by atoms with Crippen LogP contribution in [0.15, 0.2) is 29.2 Å². The van der Waals surface area contributed by atoms with E-state index in [-0.39, 0.29) is 10.9 Å². The fourth-order valence-corrected chi connectivity index (χ4v) is 3.81. The predicted molar refractivity (Wildman–Crippen MR) is 77.8 cm³/mol. The molecule has 1 aromatic rings. The van der Waals surface area contributed by atoms with E-state index in [0.29, 0.717) is 19.4 Å². The van der Waals surface area contributed by atoms with Gasteiger partial charge in [0.2, 0.25) is 10.0 Å². The fraction of sp³-hybridized carbons (Fsp3) is 0.571. The molecule has 0 aromatic heterocycles. The minimum atomic E-state index is -3.55. The number of rotatable bonds is 5. The van der Waals surface area contributed by atoms with Crippen LogP contribution in [0, 0.1) is 0 Å². The maximum absolute atomic E-state index is 12.3. The Morgan fingerprint density at radius 2 is 1.85 bits per heavy atom. The first-order valence-electron chi connectivity index (χ1n) is 6.97. The van der Waals surface area contributed by atoms with Gasteiger partial charge in [0.25, 0.3) is 0 Å². The number of hydrogen-bond donors (Lipinski definition) is 3. The van der Waals surface area contributed by atoms with Crippen molar-refractivity contribution in [2.45, 2.75) is 49.3 Å². The summed E-state index contributed by atoms with van der Waals surface area (Å²) in [4.78, 5) is 0.245. The second-order valence-corrected chi connectivity index (χ2v) is 6.97. The van der Waals surface area contributed by atoms with E-state index in [1.807, 2.05) is 7.05 Å². The molecule has 0 aliphatic heterocycles. The third kappa shape index (κ3) is 3.79. The van der Waals surface area contributed by atoms with Crippen LogP contribution in [0.1, 0.15) is 31.2 Å². The molecule has 2 rings (SSSR count). The van der Waals surface area contributed by atoms with Crippen LogP contribution in [-0.4, -0.2) is 32.7 Å². The molecule has 0 bridgehead atoms. The van der Waals surface area contributed by atoms with Gasteiger partial charge in [-0.1, -0.05) is 25.0 Å². The zero-order valence-electron chi connectivity index (χ0n) is 11.7. The van der Waals surface area contributed by atoms with Crippen molar-refractivity contribution in [2.75, 3.05) is 7.05 Å². The summed E-state index contributed by atoms with van der Waals surface area (Å²) in [5, 5.41) is 12.9. The minimum absolute atomic E-state index is 0.245. The highest BCUT2D eigenvalue weighted by atomic mass is 32.2. The minimum Gasteiger partial charge on any atom is -0.391 e. The van der Waals surface area contributed by atoms with Crippen molar-refractivity contribution in [1.82, 2.24) is 10.0 Å². The quantitative estimate of drug-likeness (QED) is 0.757. The van der Waals surface area contributed by atoms with Crippen molar-refractivity contribution < 1.29 is 13.5 Å². The molecule has 1 fully saturated rings. The third-order valence-corrected chi connectivity index (χ3v) is 5.16. The lowest BCUT2D eigenvalue weighted by Gasteiger charge is -2.28. The monoisotopic (exact) mass is 298 g/mol. The Morgan fingerprint density at radius 3 is 2.45 bits per heavy atom. The van der Waals surface area contributed by atoms with E-state index in [1.165, 1.54) is 0 Å². The van der Waals surface area contributed by atoms with Gasteiger partial charge in [-0.2, -0.15) is 0 Å². The number of aliphatic hydroxyl groups is 1. The van der Waals surface area contributed by atoms with Crippen LogP contribution in [0.5, 0.6) is 0 Å². The molecule has 1 saturated carbocycles. The lowest BCUT2D eigenvalue weighted by molar-refractivity contribution is 0.101. The molecule has 2 atom stereocenters. The molecule has 0 radical (unpaired) electrons. The van der Waals surface area contributed by atoms with Crippen molar-refractivity contribution in [3.63, 3.8) is 0 Å². The highest BCUT2D eigenvalue weighted by Gasteiger charge is 2.27. The van der Waals surface area contributed by atoms with Crippen molar-refractivity contribution in [1.29, 1.82) is 0 Å². The second kappa shape index (κ2) is 6.67. The van der Waals surface area contributed by atoms with Gasteiger partial charge in [0, 0.05) is 12.6 Å². The Kier molecular flexibility index (Phi) is 5.15. The molecule has 1 aromatic carbocycles. The molecule has 0 heterocycles. The molecule has 112 valence electrons. The Hall–Kier alpha value is -0.950. The molecule has 1 aliphatic carbocycles. The summed E-state index contributed by atoms with van der Waals surface area (Å²) < 4.78 is 27.2. The molecule has 0 saturated heterocycles. The van der Waals surface area contributed by atoms with Crippen molar-refractivity contribution >= 4 is 10.0 Å². The Balaban J connectivity index is 2.09. The van der Waals surface area contributed by atoms with Crippen LogP contribution in [0.2, 0.25) is 0 Å². The smallest absolute Gasteiger partial charge is 0.240 e. The van der Waals surface area contributed by atoms with Gasteiger partial charge in [0.05, 0.1) is 11.0 Å². The molecule has 0 amide bonds. The van der Waals surface area contributed by atoms with Gasteiger partial charge >= 0.3 is 0 Å². The van der Waals surface area contributed by atoms with Gasteiger partial charge in [-0.15, -0.1) is 0 Å². The molecular weight excluding hydrogens is 276 g/mol. The normalized spacial score (nSPS) is 23.7. The maximum atomic E-state index is 12.3. The van der Waals surface area contributed by atoms with Gasteiger partial charge in [0.1, 0.15) is 0 Å². The summed E-state index contributed by atoms with van der Waals surface area (Å²) in [5.41, 5.74) is 1.03. The summed E-state index contributed by atoms with van der Waals surface area (Å²) in [7, 11) is -1.71. The van der Waals surface area contributed by atoms with E-state index in [0.717, 1.165) is 18.4 Å². The third-order valence-electron chi connectivity index (χ3n) is 3.65. The van der Waals surface area contributed by atoms with E-state index in [1.54, 1.807) is 24.3 Å². The molecular formula is C14H22N2O3S. The lowest BCUT2D eigenvalue weighted by atomic mass is 9.93. The van der Waals surface area contributed by atoms with Crippen molar-refractivity contribution in [3.05, 3.63) is 29.8 Å². The number of hydrogen-bond acceptors (Lipinski definition) is 4. The summed E-state index contributed by atoms with van der Waals surface area (Å²) in [6, 6.07) is 6.42. The number of benzene rings is 1. The van der Waals surface area contributed by atoms with Crippen LogP contribution < -0.4 is 10.0 Å². The Morgan fingerprint density at radius 1 is 1.20 bits per heavy atom. The standard InChI is InChI=1S/C14H22N2O3S/c1-15-10-11-6-8-12(9-7-11)20(18,19)16-13-4-2-3-5-14(13)17/h6-9,13-17H,2-5,10H2,1H3. The first kappa shape index (κ1) is 15.4.